The Morgan fingerprint density at radius 3 is 1.40 bits per heavy atom. The van der Waals surface area contributed by atoms with Gasteiger partial charge in [0.2, 0.25) is 0 Å². The molecule has 0 atom stereocenters. The van der Waals surface area contributed by atoms with Crippen molar-refractivity contribution in [2.75, 3.05) is 0 Å². The molecule has 0 saturated heterocycles. The first-order chi connectivity index (χ1) is 1.73. The van der Waals surface area contributed by atoms with E-state index >= 15 is 0 Å². The summed E-state index contributed by atoms with van der Waals surface area (Å²) in [7, 11) is 0. The summed E-state index contributed by atoms with van der Waals surface area (Å²) >= 11 is 0. The van der Waals surface area contributed by atoms with Crippen LogP contribution in [0.4, 0.5) is 4.79 Å². The van der Waals surface area contributed by atoms with Gasteiger partial charge in [0.25, 0.3) is 0 Å². The van der Waals surface area contributed by atoms with E-state index in [-0.39, 0.29) is 48.9 Å². The molecular formula is CH2BaO3. The Kier molecular flexibility index (Phi) is 8.98. The fraction of sp³-hybridized carbons (Fsp3) is 0. The average Bonchev–Trinajstić information content (AvgIpc) is 0.811. The zero-order valence-corrected chi connectivity index (χ0v) is 6.95. The largest absolute Gasteiger partial charge is 0.503 e. The van der Waals surface area contributed by atoms with Crippen LogP contribution in [-0.4, -0.2) is 65.2 Å². The van der Waals surface area contributed by atoms with Gasteiger partial charge in [0.15, 0.2) is 0 Å². The third-order valence-corrected chi connectivity index (χ3v) is 0. The van der Waals surface area contributed by atoms with Gasteiger partial charge in [-0.1, -0.05) is 0 Å². The Morgan fingerprint density at radius 2 is 1.40 bits per heavy atom. The Hall–Kier alpha value is 0.841. The monoisotopic (exact) mass is 200 g/mol. The molecule has 0 spiro atoms. The number of hydrogen-bond donors (Lipinski definition) is 2. The Balaban J connectivity index is 0. The van der Waals surface area contributed by atoms with E-state index in [4.69, 9.17) is 15.0 Å². The van der Waals surface area contributed by atoms with E-state index in [0.717, 1.165) is 0 Å². The van der Waals surface area contributed by atoms with Crippen LogP contribution in [-0.2, 0) is 0 Å². The Morgan fingerprint density at radius 1 is 1.40 bits per heavy atom. The van der Waals surface area contributed by atoms with Gasteiger partial charge in [0.05, 0.1) is 0 Å². The second kappa shape index (κ2) is 4.84. The Labute approximate surface area is 69.1 Å². The maximum atomic E-state index is 8.56. The van der Waals surface area contributed by atoms with Crippen molar-refractivity contribution in [1.82, 2.24) is 0 Å². The van der Waals surface area contributed by atoms with E-state index in [1.807, 2.05) is 0 Å². The summed E-state index contributed by atoms with van der Waals surface area (Å²) in [5.41, 5.74) is 0. The minimum absolute atomic E-state index is 0. The minimum Gasteiger partial charge on any atom is -0.450 e. The molecule has 3 nitrogen and oxygen atoms in total. The Bertz CT molecular complexity index is 29.9. The third-order valence-electron chi connectivity index (χ3n) is 0. The normalized spacial score (nSPS) is 4.80. The molecule has 0 rings (SSSR count). The van der Waals surface area contributed by atoms with Crippen LogP contribution in [0.3, 0.4) is 0 Å². The van der Waals surface area contributed by atoms with Gasteiger partial charge in [-0.15, -0.1) is 0 Å². The van der Waals surface area contributed by atoms with Crippen LogP contribution in [0.15, 0.2) is 0 Å². The molecule has 0 saturated carbocycles. The first-order valence-corrected chi connectivity index (χ1v) is 0.651. The number of carboxylic acid groups (broad SMARTS) is 2. The molecule has 0 bridgehead atoms. The standard InChI is InChI=1S/CH2O3.Ba/c2-1(3)4;/h(H2,2,3,4);. The third kappa shape index (κ3) is 55.2. The zero-order chi connectivity index (χ0) is 3.58. The summed E-state index contributed by atoms with van der Waals surface area (Å²) in [5, 5.41) is 13.9. The van der Waals surface area contributed by atoms with Crippen LogP contribution in [0, 0.1) is 0 Å². The van der Waals surface area contributed by atoms with Gasteiger partial charge in [-0.3, -0.25) is 0 Å². The van der Waals surface area contributed by atoms with Crippen LogP contribution in [0.5, 0.6) is 0 Å². The SMILES string of the molecule is O=C(O)O.[Ba]. The van der Waals surface area contributed by atoms with Crippen molar-refractivity contribution in [3.05, 3.63) is 0 Å². The summed E-state index contributed by atoms with van der Waals surface area (Å²) in [6.45, 7) is 0. The van der Waals surface area contributed by atoms with Gasteiger partial charge >= 0.3 is 6.16 Å². The molecular weight excluding hydrogens is 197 g/mol. The fourth-order valence-corrected chi connectivity index (χ4v) is 0. The molecule has 0 aliphatic rings. The van der Waals surface area contributed by atoms with E-state index in [1.165, 1.54) is 0 Å². The molecule has 0 aromatic rings. The maximum absolute atomic E-state index is 8.56. The topological polar surface area (TPSA) is 57.5 Å². The molecule has 0 heterocycles. The van der Waals surface area contributed by atoms with Crippen LogP contribution in [0.1, 0.15) is 0 Å². The number of carbonyl (C=O) groups is 1. The molecule has 4 heteroatoms. The van der Waals surface area contributed by atoms with E-state index in [2.05, 4.69) is 0 Å². The number of hydrogen-bond acceptors (Lipinski definition) is 1. The number of rotatable bonds is 0. The van der Waals surface area contributed by atoms with Crippen LogP contribution < -0.4 is 0 Å². The molecule has 2 N–H and O–H groups in total. The van der Waals surface area contributed by atoms with Gasteiger partial charge in [-0.25, -0.2) is 4.79 Å². The van der Waals surface area contributed by atoms with E-state index in [0.29, 0.717) is 0 Å². The van der Waals surface area contributed by atoms with Crippen molar-refractivity contribution in [3.63, 3.8) is 0 Å². The van der Waals surface area contributed by atoms with Gasteiger partial charge in [-0.2, -0.15) is 0 Å². The van der Waals surface area contributed by atoms with Crippen LogP contribution in [0.25, 0.3) is 0 Å². The predicted molar refractivity (Wildman–Crippen MR) is 16.4 cm³/mol. The molecule has 5 heavy (non-hydrogen) atoms. The summed E-state index contributed by atoms with van der Waals surface area (Å²) in [5.74, 6) is 0. The minimum atomic E-state index is -1.83. The van der Waals surface area contributed by atoms with E-state index in [1.54, 1.807) is 0 Å². The first-order valence-electron chi connectivity index (χ1n) is 0.651. The average molecular weight is 199 g/mol. The van der Waals surface area contributed by atoms with Gasteiger partial charge in [0.1, 0.15) is 0 Å². The molecule has 2 radical (unpaired) electrons. The smallest absolute Gasteiger partial charge is 0.450 e. The van der Waals surface area contributed by atoms with Crippen LogP contribution in [0.2, 0.25) is 0 Å². The summed E-state index contributed by atoms with van der Waals surface area (Å²) in [4.78, 5) is 8.56. The van der Waals surface area contributed by atoms with Crippen molar-refractivity contribution in [2.24, 2.45) is 0 Å². The van der Waals surface area contributed by atoms with Crippen molar-refractivity contribution in [3.8, 4) is 0 Å². The molecule has 0 aromatic carbocycles. The predicted octanol–water partition coefficient (Wildman–Crippen LogP) is -0.158. The van der Waals surface area contributed by atoms with E-state index in [9.17, 15) is 0 Å². The van der Waals surface area contributed by atoms with Crippen LogP contribution >= 0.6 is 0 Å². The molecule has 0 unspecified atom stereocenters. The van der Waals surface area contributed by atoms with E-state index < -0.39 is 6.16 Å². The van der Waals surface area contributed by atoms with Crippen molar-refractivity contribution in [2.45, 2.75) is 0 Å². The zero-order valence-electron chi connectivity index (χ0n) is 2.51. The molecule has 0 amide bonds. The van der Waals surface area contributed by atoms with Gasteiger partial charge in [0, 0.05) is 48.9 Å². The molecule has 0 fully saturated rings. The second-order valence-corrected chi connectivity index (χ2v) is 0.283. The molecule has 0 aromatic heterocycles. The fourth-order valence-electron chi connectivity index (χ4n) is 0. The second-order valence-electron chi connectivity index (χ2n) is 0.283. The molecule has 0 aliphatic carbocycles. The summed E-state index contributed by atoms with van der Waals surface area (Å²) < 4.78 is 0. The van der Waals surface area contributed by atoms with Crippen molar-refractivity contribution < 1.29 is 15.0 Å². The summed E-state index contributed by atoms with van der Waals surface area (Å²) in [6.07, 6.45) is -1.83. The van der Waals surface area contributed by atoms with Crippen molar-refractivity contribution >= 4 is 55.0 Å². The molecule has 0 aliphatic heterocycles. The first kappa shape index (κ1) is 9.28. The van der Waals surface area contributed by atoms with Gasteiger partial charge in [-0.05, 0) is 0 Å². The quantitative estimate of drug-likeness (QED) is 0.533. The van der Waals surface area contributed by atoms with Crippen molar-refractivity contribution in [1.29, 1.82) is 0 Å². The molecule has 26 valence electrons. The maximum Gasteiger partial charge on any atom is 0.503 e. The van der Waals surface area contributed by atoms with Gasteiger partial charge < -0.3 is 10.2 Å². The summed E-state index contributed by atoms with van der Waals surface area (Å²) in [6, 6.07) is 0.